The Balaban J connectivity index is 2.07. The Morgan fingerprint density at radius 3 is 2.95 bits per heavy atom. The van der Waals surface area contributed by atoms with Gasteiger partial charge in [-0.2, -0.15) is 0 Å². The van der Waals surface area contributed by atoms with Gasteiger partial charge in [0.1, 0.15) is 5.60 Å². The average molecular weight is 283 g/mol. The van der Waals surface area contributed by atoms with Gasteiger partial charge in [-0.25, -0.2) is 9.78 Å². The summed E-state index contributed by atoms with van der Waals surface area (Å²) in [6.45, 7) is 6.15. The molecular weight excluding hydrogens is 262 g/mol. The molecule has 2 rings (SSSR count). The molecule has 0 aliphatic heterocycles. The van der Waals surface area contributed by atoms with E-state index in [2.05, 4.69) is 10.3 Å². The third-order valence-electron chi connectivity index (χ3n) is 2.96. The molecule has 0 spiro atoms. The van der Waals surface area contributed by atoms with Crippen LogP contribution in [0, 0.1) is 0 Å². The van der Waals surface area contributed by atoms with Crippen molar-refractivity contribution in [2.24, 2.45) is 5.73 Å². The number of nitrogens with zero attached hydrogens (tertiary/aromatic N) is 1. The molecule has 1 heterocycles. The summed E-state index contributed by atoms with van der Waals surface area (Å²) in [4.78, 5) is 17.4. The largest absolute Gasteiger partial charge is 0.444 e. The summed E-state index contributed by atoms with van der Waals surface area (Å²) in [5, 5.41) is 3.32. The molecule has 106 valence electrons. The highest BCUT2D eigenvalue weighted by molar-refractivity contribution is 7.16. The van der Waals surface area contributed by atoms with Crippen molar-refractivity contribution >= 4 is 22.6 Å². The number of nitrogens with two attached hydrogens (primary N) is 1. The monoisotopic (exact) mass is 283 g/mol. The summed E-state index contributed by atoms with van der Waals surface area (Å²) in [5.41, 5.74) is 6.36. The molecule has 1 unspecified atom stereocenters. The molecule has 1 aromatic rings. The predicted octanol–water partition coefficient (Wildman–Crippen LogP) is 2.87. The van der Waals surface area contributed by atoms with E-state index >= 15 is 0 Å². The summed E-state index contributed by atoms with van der Waals surface area (Å²) < 4.78 is 5.22. The molecule has 1 amide bonds. The maximum absolute atomic E-state index is 11.7. The zero-order valence-corrected chi connectivity index (χ0v) is 12.5. The molecule has 1 aliphatic rings. The second kappa shape index (κ2) is 5.46. The van der Waals surface area contributed by atoms with Gasteiger partial charge in [0.05, 0.1) is 5.69 Å². The molecule has 19 heavy (non-hydrogen) atoms. The third-order valence-corrected chi connectivity index (χ3v) is 4.13. The van der Waals surface area contributed by atoms with Crippen molar-refractivity contribution in [2.75, 3.05) is 11.9 Å². The number of nitrogens with one attached hydrogen (secondary N) is 1. The number of rotatable bonds is 2. The van der Waals surface area contributed by atoms with Crippen molar-refractivity contribution in [3.63, 3.8) is 0 Å². The van der Waals surface area contributed by atoms with Crippen LogP contribution in [-0.4, -0.2) is 23.2 Å². The molecule has 1 aliphatic carbocycles. The Kier molecular flexibility index (Phi) is 4.10. The van der Waals surface area contributed by atoms with E-state index < -0.39 is 11.7 Å². The fraction of sp³-hybridized carbons (Fsp3) is 0.692. The Morgan fingerprint density at radius 1 is 1.58 bits per heavy atom. The van der Waals surface area contributed by atoms with Gasteiger partial charge < -0.3 is 10.5 Å². The predicted molar refractivity (Wildman–Crippen MR) is 76.7 cm³/mol. The molecule has 5 nitrogen and oxygen atoms in total. The summed E-state index contributed by atoms with van der Waals surface area (Å²) in [5.74, 6) is 0.385. The van der Waals surface area contributed by atoms with Crippen molar-refractivity contribution in [1.29, 1.82) is 0 Å². The van der Waals surface area contributed by atoms with E-state index in [0.29, 0.717) is 17.6 Å². The van der Waals surface area contributed by atoms with Crippen molar-refractivity contribution in [2.45, 2.75) is 51.6 Å². The summed E-state index contributed by atoms with van der Waals surface area (Å²) in [7, 11) is 0. The minimum absolute atomic E-state index is 0.385. The van der Waals surface area contributed by atoms with Crippen LogP contribution in [0.4, 0.5) is 9.93 Å². The van der Waals surface area contributed by atoms with E-state index in [-0.39, 0.29) is 0 Å². The fourth-order valence-electron chi connectivity index (χ4n) is 2.18. The number of ether oxygens (including phenoxy) is 1. The first-order chi connectivity index (χ1) is 8.89. The Bertz CT molecular complexity index is 465. The van der Waals surface area contributed by atoms with Crippen LogP contribution in [0.3, 0.4) is 0 Å². The normalized spacial score (nSPS) is 18.8. The quantitative estimate of drug-likeness (QED) is 0.875. The van der Waals surface area contributed by atoms with Gasteiger partial charge in [0.15, 0.2) is 5.13 Å². The summed E-state index contributed by atoms with van der Waals surface area (Å²) in [6, 6.07) is 0. The highest BCUT2D eigenvalue weighted by Crippen LogP contribution is 2.37. The lowest BCUT2D eigenvalue weighted by atomic mass is 9.92. The smallest absolute Gasteiger partial charge is 0.413 e. The Hall–Kier alpha value is -1.14. The number of carbonyl (C=O) groups is 1. The first kappa shape index (κ1) is 14.3. The number of carbonyl (C=O) groups excluding carboxylic acids is 1. The van der Waals surface area contributed by atoms with E-state index in [1.54, 1.807) is 0 Å². The van der Waals surface area contributed by atoms with Crippen LogP contribution < -0.4 is 11.1 Å². The molecular formula is C13H21N3O2S. The minimum atomic E-state index is -0.499. The second-order valence-electron chi connectivity index (χ2n) is 5.78. The molecule has 0 aromatic carbocycles. The van der Waals surface area contributed by atoms with Gasteiger partial charge in [0, 0.05) is 17.3 Å². The topological polar surface area (TPSA) is 77.2 Å². The van der Waals surface area contributed by atoms with E-state index in [1.165, 1.54) is 16.2 Å². The van der Waals surface area contributed by atoms with Gasteiger partial charge in [-0.05, 0) is 40.0 Å². The average Bonchev–Trinajstić information content (AvgIpc) is 2.67. The van der Waals surface area contributed by atoms with Gasteiger partial charge in [0.2, 0.25) is 0 Å². The lowest BCUT2D eigenvalue weighted by Crippen LogP contribution is -2.27. The highest BCUT2D eigenvalue weighted by Gasteiger charge is 2.25. The van der Waals surface area contributed by atoms with Gasteiger partial charge in [-0.15, -0.1) is 11.3 Å². The highest BCUT2D eigenvalue weighted by atomic mass is 32.1. The van der Waals surface area contributed by atoms with Crippen LogP contribution in [0.1, 0.15) is 50.1 Å². The number of amides is 1. The zero-order valence-electron chi connectivity index (χ0n) is 11.7. The minimum Gasteiger partial charge on any atom is -0.444 e. The lowest BCUT2D eigenvalue weighted by molar-refractivity contribution is 0.0636. The maximum atomic E-state index is 11.7. The number of aromatic nitrogens is 1. The van der Waals surface area contributed by atoms with Crippen LogP contribution >= 0.6 is 11.3 Å². The van der Waals surface area contributed by atoms with Crippen molar-refractivity contribution in [3.05, 3.63) is 10.6 Å². The number of aryl methyl sites for hydroxylation is 1. The molecule has 3 N–H and O–H groups in total. The maximum Gasteiger partial charge on any atom is 0.413 e. The zero-order chi connectivity index (χ0) is 14.0. The van der Waals surface area contributed by atoms with Gasteiger partial charge >= 0.3 is 6.09 Å². The molecule has 1 aromatic heterocycles. The number of hydrogen-bond acceptors (Lipinski definition) is 5. The van der Waals surface area contributed by atoms with E-state index in [4.69, 9.17) is 10.5 Å². The summed E-state index contributed by atoms with van der Waals surface area (Å²) >= 11 is 1.52. The lowest BCUT2D eigenvalue weighted by Gasteiger charge is -2.19. The van der Waals surface area contributed by atoms with Crippen molar-refractivity contribution in [3.8, 4) is 0 Å². The van der Waals surface area contributed by atoms with Crippen LogP contribution in [0.15, 0.2) is 0 Å². The Morgan fingerprint density at radius 2 is 2.32 bits per heavy atom. The summed E-state index contributed by atoms with van der Waals surface area (Å²) in [6.07, 6.45) is 2.74. The first-order valence-corrected chi connectivity index (χ1v) is 7.40. The first-order valence-electron chi connectivity index (χ1n) is 6.58. The van der Waals surface area contributed by atoms with Crippen LogP contribution in [0.2, 0.25) is 0 Å². The number of fused-ring (bicyclic) bond motifs is 1. The number of anilines is 1. The molecule has 0 saturated heterocycles. The van der Waals surface area contributed by atoms with Crippen LogP contribution in [-0.2, 0) is 11.2 Å². The van der Waals surface area contributed by atoms with Crippen molar-refractivity contribution in [1.82, 2.24) is 4.98 Å². The fourth-order valence-corrected chi connectivity index (χ4v) is 3.32. The third kappa shape index (κ3) is 3.67. The number of thiazole rings is 1. The molecule has 0 radical (unpaired) electrons. The van der Waals surface area contributed by atoms with Gasteiger partial charge in [-0.1, -0.05) is 0 Å². The van der Waals surface area contributed by atoms with Gasteiger partial charge in [0.25, 0.3) is 0 Å². The standard InChI is InChI=1S/C13H21N3O2S/c1-13(2,3)18-12(17)16-11-15-9-6-4-5-8(7-14)10(9)19-11/h8H,4-7,14H2,1-3H3,(H,15,16,17). The second-order valence-corrected chi connectivity index (χ2v) is 6.81. The Labute approximate surface area is 117 Å². The SMILES string of the molecule is CC(C)(C)OC(=O)Nc1nc2c(s1)C(CN)CCC2. The molecule has 0 fully saturated rings. The number of hydrogen-bond donors (Lipinski definition) is 2. The van der Waals surface area contributed by atoms with Crippen molar-refractivity contribution < 1.29 is 9.53 Å². The van der Waals surface area contributed by atoms with Crippen LogP contribution in [0.25, 0.3) is 0 Å². The molecule has 1 atom stereocenters. The van der Waals surface area contributed by atoms with E-state index in [9.17, 15) is 4.79 Å². The molecule has 0 bridgehead atoms. The molecule has 6 heteroatoms. The van der Waals surface area contributed by atoms with E-state index in [0.717, 1.165) is 25.0 Å². The van der Waals surface area contributed by atoms with Gasteiger partial charge in [-0.3, -0.25) is 5.32 Å². The molecule has 0 saturated carbocycles. The van der Waals surface area contributed by atoms with Crippen LogP contribution in [0.5, 0.6) is 0 Å². The van der Waals surface area contributed by atoms with E-state index in [1.807, 2.05) is 20.8 Å².